The molecule has 0 aromatic heterocycles. The van der Waals surface area contributed by atoms with Gasteiger partial charge in [-0.3, -0.25) is 0 Å². The molecule has 0 radical (unpaired) electrons. The van der Waals surface area contributed by atoms with Gasteiger partial charge in [0.15, 0.2) is 0 Å². The van der Waals surface area contributed by atoms with Gasteiger partial charge in [0.1, 0.15) is 0 Å². The first-order chi connectivity index (χ1) is 4.79. The molecule has 1 fully saturated rings. The average Bonchev–Trinajstić information content (AvgIpc) is 2.30. The Morgan fingerprint density at radius 3 is 2.60 bits per heavy atom. The van der Waals surface area contributed by atoms with E-state index in [0.717, 1.165) is 12.5 Å². The molecule has 1 aliphatic rings. The molecule has 1 heteroatoms. The molecule has 1 saturated heterocycles. The number of nitrogens with zero attached hydrogens (tertiary/aromatic N) is 1. The van der Waals surface area contributed by atoms with Crippen LogP contribution in [0.15, 0.2) is 12.3 Å². The van der Waals surface area contributed by atoms with Crippen LogP contribution in [0, 0.1) is 5.92 Å². The van der Waals surface area contributed by atoms with Crippen LogP contribution in [-0.2, 0) is 0 Å². The molecule has 0 spiro atoms. The molecule has 0 aromatic carbocycles. The maximum Gasteiger partial charge on any atom is 0.0181 e. The molecule has 1 rings (SSSR count). The zero-order valence-corrected chi connectivity index (χ0v) is 7.06. The van der Waals surface area contributed by atoms with Gasteiger partial charge >= 0.3 is 0 Å². The van der Waals surface area contributed by atoms with Gasteiger partial charge in [0.2, 0.25) is 0 Å². The third kappa shape index (κ3) is 1.18. The molecule has 0 bridgehead atoms. The zero-order valence-electron chi connectivity index (χ0n) is 7.06. The minimum absolute atomic E-state index is 0.778. The average molecular weight is 139 g/mol. The Hall–Kier alpha value is -0.460. The van der Waals surface area contributed by atoms with Crippen LogP contribution in [0.25, 0.3) is 0 Å². The fourth-order valence-corrected chi connectivity index (χ4v) is 1.68. The van der Waals surface area contributed by atoms with E-state index in [9.17, 15) is 0 Å². The van der Waals surface area contributed by atoms with Gasteiger partial charge in [-0.25, -0.2) is 0 Å². The highest BCUT2D eigenvalue weighted by Crippen LogP contribution is 2.28. The molecular formula is C9H17N. The van der Waals surface area contributed by atoms with Crippen molar-refractivity contribution < 1.29 is 0 Å². The van der Waals surface area contributed by atoms with Gasteiger partial charge < -0.3 is 4.90 Å². The summed E-state index contributed by atoms with van der Waals surface area (Å²) in [6.45, 7) is 10.9. The summed E-state index contributed by atoms with van der Waals surface area (Å²) in [5, 5.41) is 0. The van der Waals surface area contributed by atoms with Crippen LogP contribution in [0.5, 0.6) is 0 Å². The van der Waals surface area contributed by atoms with Gasteiger partial charge in [-0.15, -0.1) is 0 Å². The molecule has 1 unspecified atom stereocenters. The number of rotatable bonds is 2. The summed E-state index contributed by atoms with van der Waals surface area (Å²) in [6.07, 6.45) is 2.58. The van der Waals surface area contributed by atoms with E-state index in [2.05, 4.69) is 25.3 Å². The number of hydrogen-bond acceptors (Lipinski definition) is 1. The largest absolute Gasteiger partial charge is 0.375 e. The summed E-state index contributed by atoms with van der Waals surface area (Å²) in [6, 6.07) is 0. The van der Waals surface area contributed by atoms with Crippen molar-refractivity contribution in [2.24, 2.45) is 5.92 Å². The maximum atomic E-state index is 4.08. The fraction of sp³-hybridized carbons (Fsp3) is 0.778. The standard InChI is InChI=1S/C9H17N/c1-4-9-6-7-10(5-2)8(9)3/h9H,3-7H2,1-2H3. The van der Waals surface area contributed by atoms with E-state index in [0.29, 0.717) is 0 Å². The molecule has 1 aliphatic heterocycles. The summed E-state index contributed by atoms with van der Waals surface area (Å²) in [5.41, 5.74) is 1.37. The van der Waals surface area contributed by atoms with Crippen LogP contribution in [0.3, 0.4) is 0 Å². The van der Waals surface area contributed by atoms with Crippen molar-refractivity contribution in [3.8, 4) is 0 Å². The minimum Gasteiger partial charge on any atom is -0.375 e. The van der Waals surface area contributed by atoms with Crippen molar-refractivity contribution in [1.82, 2.24) is 4.90 Å². The van der Waals surface area contributed by atoms with Gasteiger partial charge in [0.05, 0.1) is 0 Å². The van der Waals surface area contributed by atoms with Crippen LogP contribution in [0.4, 0.5) is 0 Å². The van der Waals surface area contributed by atoms with E-state index in [4.69, 9.17) is 0 Å². The van der Waals surface area contributed by atoms with Crippen LogP contribution in [0.2, 0.25) is 0 Å². The van der Waals surface area contributed by atoms with Crippen LogP contribution < -0.4 is 0 Å². The third-order valence-corrected chi connectivity index (χ3v) is 2.50. The Bertz CT molecular complexity index is 115. The third-order valence-electron chi connectivity index (χ3n) is 2.50. The van der Waals surface area contributed by atoms with E-state index in [1.165, 1.54) is 25.1 Å². The Morgan fingerprint density at radius 1 is 1.60 bits per heavy atom. The smallest absolute Gasteiger partial charge is 0.0181 e. The second-order valence-corrected chi connectivity index (χ2v) is 2.96. The zero-order chi connectivity index (χ0) is 7.56. The molecule has 1 nitrogen and oxygen atoms in total. The quantitative estimate of drug-likeness (QED) is 0.567. The minimum atomic E-state index is 0.778. The highest BCUT2D eigenvalue weighted by Gasteiger charge is 2.22. The predicted octanol–water partition coefficient (Wildman–Crippen LogP) is 2.25. The monoisotopic (exact) mass is 139 g/mol. The molecule has 0 aromatic rings. The van der Waals surface area contributed by atoms with Gasteiger partial charge in [-0.2, -0.15) is 0 Å². The van der Waals surface area contributed by atoms with Crippen molar-refractivity contribution in [3.05, 3.63) is 12.3 Å². The van der Waals surface area contributed by atoms with E-state index in [1.54, 1.807) is 0 Å². The molecule has 0 amide bonds. The maximum absolute atomic E-state index is 4.08. The second kappa shape index (κ2) is 3.09. The Balaban J connectivity index is 2.49. The SMILES string of the molecule is C=C1C(CC)CCN1CC. The first-order valence-corrected chi connectivity index (χ1v) is 4.23. The fourth-order valence-electron chi connectivity index (χ4n) is 1.68. The van der Waals surface area contributed by atoms with Crippen LogP contribution in [0.1, 0.15) is 26.7 Å². The molecule has 0 aliphatic carbocycles. The van der Waals surface area contributed by atoms with Crippen molar-refractivity contribution in [2.45, 2.75) is 26.7 Å². The second-order valence-electron chi connectivity index (χ2n) is 2.96. The molecule has 0 saturated carbocycles. The van der Waals surface area contributed by atoms with Gasteiger partial charge in [-0.05, 0) is 25.7 Å². The molecule has 58 valence electrons. The Morgan fingerprint density at radius 2 is 2.30 bits per heavy atom. The Labute approximate surface area is 63.7 Å². The van der Waals surface area contributed by atoms with E-state index < -0.39 is 0 Å². The van der Waals surface area contributed by atoms with E-state index >= 15 is 0 Å². The summed E-state index contributed by atoms with van der Waals surface area (Å²) in [7, 11) is 0. The van der Waals surface area contributed by atoms with Gasteiger partial charge in [0.25, 0.3) is 0 Å². The lowest BCUT2D eigenvalue weighted by molar-refractivity contribution is 0.412. The Kier molecular flexibility index (Phi) is 2.36. The lowest BCUT2D eigenvalue weighted by atomic mass is 10.0. The van der Waals surface area contributed by atoms with Crippen molar-refractivity contribution in [1.29, 1.82) is 0 Å². The molecule has 0 N–H and O–H groups in total. The number of allylic oxidation sites excluding steroid dienone is 1. The van der Waals surface area contributed by atoms with E-state index in [-0.39, 0.29) is 0 Å². The normalized spacial score (nSPS) is 26.0. The topological polar surface area (TPSA) is 3.24 Å². The van der Waals surface area contributed by atoms with Crippen LogP contribution >= 0.6 is 0 Å². The number of likely N-dealkylation sites (tertiary alicyclic amines) is 1. The molecular weight excluding hydrogens is 122 g/mol. The molecule has 10 heavy (non-hydrogen) atoms. The lowest BCUT2D eigenvalue weighted by Gasteiger charge is -2.18. The first-order valence-electron chi connectivity index (χ1n) is 4.23. The van der Waals surface area contributed by atoms with Gasteiger partial charge in [0, 0.05) is 18.8 Å². The predicted molar refractivity (Wildman–Crippen MR) is 44.8 cm³/mol. The van der Waals surface area contributed by atoms with Gasteiger partial charge in [-0.1, -0.05) is 13.5 Å². The van der Waals surface area contributed by atoms with Crippen molar-refractivity contribution >= 4 is 0 Å². The summed E-state index contributed by atoms with van der Waals surface area (Å²) in [5.74, 6) is 0.778. The number of hydrogen-bond donors (Lipinski definition) is 0. The molecule has 1 heterocycles. The van der Waals surface area contributed by atoms with Crippen molar-refractivity contribution in [2.75, 3.05) is 13.1 Å². The highest BCUT2D eigenvalue weighted by atomic mass is 15.2. The lowest BCUT2D eigenvalue weighted by Crippen LogP contribution is -2.16. The summed E-state index contributed by atoms with van der Waals surface area (Å²) < 4.78 is 0. The van der Waals surface area contributed by atoms with Crippen molar-refractivity contribution in [3.63, 3.8) is 0 Å². The van der Waals surface area contributed by atoms with Crippen LogP contribution in [-0.4, -0.2) is 18.0 Å². The summed E-state index contributed by atoms with van der Waals surface area (Å²) in [4.78, 5) is 2.38. The highest BCUT2D eigenvalue weighted by molar-refractivity contribution is 5.04. The van der Waals surface area contributed by atoms with E-state index in [1.807, 2.05) is 0 Å². The molecule has 1 atom stereocenters. The summed E-state index contributed by atoms with van der Waals surface area (Å²) >= 11 is 0. The first kappa shape index (κ1) is 7.64.